The minimum atomic E-state index is 0.447. The zero-order chi connectivity index (χ0) is 15.0. The maximum absolute atomic E-state index is 5.95. The van der Waals surface area contributed by atoms with Gasteiger partial charge in [0.05, 0.1) is 11.3 Å². The van der Waals surface area contributed by atoms with Crippen molar-refractivity contribution in [3.63, 3.8) is 0 Å². The summed E-state index contributed by atoms with van der Waals surface area (Å²) >= 11 is 5.26. The van der Waals surface area contributed by atoms with Crippen LogP contribution in [0.3, 0.4) is 0 Å². The number of piperidine rings is 1. The molecule has 1 aliphatic rings. The molecular weight excluding hydrogens is 266 g/mol. The van der Waals surface area contributed by atoms with Gasteiger partial charge in [-0.15, -0.1) is 0 Å². The molecule has 0 bridgehead atoms. The van der Waals surface area contributed by atoms with Gasteiger partial charge in [-0.25, -0.2) is 0 Å². The van der Waals surface area contributed by atoms with Crippen LogP contribution in [0.5, 0.6) is 0 Å². The molecular formula is C16H25N3S. The number of hydrogen-bond acceptors (Lipinski definition) is 3. The van der Waals surface area contributed by atoms with Crippen molar-refractivity contribution in [3.05, 3.63) is 23.0 Å². The Balaban J connectivity index is 2.53. The maximum Gasteiger partial charge on any atom is 0.107 e. The van der Waals surface area contributed by atoms with E-state index in [1.54, 1.807) is 0 Å². The fraction of sp³-hybridized carbons (Fsp3) is 0.625. The first-order valence-corrected chi connectivity index (χ1v) is 7.76. The topological polar surface area (TPSA) is 42.1 Å². The van der Waals surface area contributed by atoms with Gasteiger partial charge >= 0.3 is 0 Å². The van der Waals surface area contributed by atoms with Crippen molar-refractivity contribution in [3.8, 4) is 0 Å². The van der Waals surface area contributed by atoms with Crippen molar-refractivity contribution < 1.29 is 0 Å². The summed E-state index contributed by atoms with van der Waals surface area (Å²) in [4.78, 5) is 7.43. The van der Waals surface area contributed by atoms with Crippen molar-refractivity contribution in [2.75, 3.05) is 11.4 Å². The molecule has 0 amide bonds. The molecule has 0 aliphatic carbocycles. The lowest BCUT2D eigenvalue weighted by Gasteiger charge is -2.43. The van der Waals surface area contributed by atoms with E-state index in [4.69, 9.17) is 18.0 Å². The Kier molecular flexibility index (Phi) is 4.33. The van der Waals surface area contributed by atoms with Gasteiger partial charge in [-0.2, -0.15) is 0 Å². The van der Waals surface area contributed by atoms with E-state index in [1.807, 2.05) is 13.8 Å². The molecule has 2 heterocycles. The van der Waals surface area contributed by atoms with E-state index in [-0.39, 0.29) is 0 Å². The summed E-state index contributed by atoms with van der Waals surface area (Å²) in [5, 5.41) is 0. The first kappa shape index (κ1) is 15.2. The zero-order valence-electron chi connectivity index (χ0n) is 13.1. The second kappa shape index (κ2) is 5.68. The molecule has 0 radical (unpaired) electrons. The largest absolute Gasteiger partial charge is 0.389 e. The van der Waals surface area contributed by atoms with Gasteiger partial charge in [0, 0.05) is 24.0 Å². The Morgan fingerprint density at radius 3 is 2.60 bits per heavy atom. The second-order valence-electron chi connectivity index (χ2n) is 6.32. The van der Waals surface area contributed by atoms with E-state index in [1.165, 1.54) is 6.42 Å². The number of anilines is 1. The van der Waals surface area contributed by atoms with E-state index in [0.29, 0.717) is 22.9 Å². The number of rotatable bonds is 2. The van der Waals surface area contributed by atoms with Crippen LogP contribution in [0.4, 0.5) is 5.69 Å². The monoisotopic (exact) mass is 291 g/mol. The molecule has 1 fully saturated rings. The molecule has 110 valence electrons. The van der Waals surface area contributed by atoms with Crippen LogP contribution >= 0.6 is 12.2 Å². The zero-order valence-corrected chi connectivity index (χ0v) is 13.9. The van der Waals surface area contributed by atoms with Crippen LogP contribution in [0.1, 0.15) is 44.1 Å². The minimum absolute atomic E-state index is 0.447. The summed E-state index contributed by atoms with van der Waals surface area (Å²) in [6, 6.07) is 2.63. The molecule has 1 aliphatic heterocycles. The molecule has 20 heavy (non-hydrogen) atoms. The van der Waals surface area contributed by atoms with Gasteiger partial charge in [0.15, 0.2) is 0 Å². The molecule has 3 atom stereocenters. The van der Waals surface area contributed by atoms with E-state index in [9.17, 15) is 0 Å². The van der Waals surface area contributed by atoms with Crippen LogP contribution in [0.15, 0.2) is 6.07 Å². The molecule has 2 rings (SSSR count). The van der Waals surface area contributed by atoms with E-state index < -0.39 is 0 Å². The maximum atomic E-state index is 5.95. The van der Waals surface area contributed by atoms with Gasteiger partial charge in [-0.05, 0) is 45.1 Å². The van der Waals surface area contributed by atoms with Crippen LogP contribution in [0.25, 0.3) is 0 Å². The lowest BCUT2D eigenvalue weighted by Crippen LogP contribution is -2.46. The number of nitrogens with two attached hydrogens (primary N) is 1. The van der Waals surface area contributed by atoms with Crippen LogP contribution in [0, 0.1) is 25.7 Å². The van der Waals surface area contributed by atoms with Crippen LogP contribution in [-0.2, 0) is 0 Å². The van der Waals surface area contributed by atoms with E-state index in [2.05, 4.69) is 36.7 Å². The third-order valence-electron chi connectivity index (χ3n) is 4.46. The SMILES string of the molecule is Cc1cc(N2CC(C)CC(C)C2C)c(C(N)=S)c(C)n1. The van der Waals surface area contributed by atoms with Crippen molar-refractivity contribution >= 4 is 22.9 Å². The average Bonchev–Trinajstić information content (AvgIpc) is 2.32. The van der Waals surface area contributed by atoms with Gasteiger partial charge in [0.25, 0.3) is 0 Å². The Hall–Kier alpha value is -1.16. The second-order valence-corrected chi connectivity index (χ2v) is 6.76. The lowest BCUT2D eigenvalue weighted by molar-refractivity contribution is 0.297. The third-order valence-corrected chi connectivity index (χ3v) is 4.67. The number of hydrogen-bond donors (Lipinski definition) is 1. The van der Waals surface area contributed by atoms with E-state index >= 15 is 0 Å². The summed E-state index contributed by atoms with van der Waals surface area (Å²) in [7, 11) is 0. The number of nitrogens with zero attached hydrogens (tertiary/aromatic N) is 2. The molecule has 0 aromatic carbocycles. The number of aromatic nitrogens is 1. The Bertz CT molecular complexity index is 527. The molecule has 3 unspecified atom stereocenters. The number of pyridine rings is 1. The van der Waals surface area contributed by atoms with Crippen molar-refractivity contribution in [1.29, 1.82) is 0 Å². The van der Waals surface area contributed by atoms with Gasteiger partial charge in [-0.1, -0.05) is 26.1 Å². The molecule has 4 heteroatoms. The van der Waals surface area contributed by atoms with Crippen LogP contribution in [0.2, 0.25) is 0 Å². The summed E-state index contributed by atoms with van der Waals surface area (Å²) in [5.74, 6) is 1.36. The minimum Gasteiger partial charge on any atom is -0.389 e. The highest BCUT2D eigenvalue weighted by molar-refractivity contribution is 7.80. The molecule has 0 saturated carbocycles. The Morgan fingerprint density at radius 1 is 1.35 bits per heavy atom. The normalized spacial score (nSPS) is 26.6. The Labute approximate surface area is 127 Å². The van der Waals surface area contributed by atoms with Crippen molar-refractivity contribution in [2.45, 2.75) is 47.1 Å². The highest BCUT2D eigenvalue weighted by Crippen LogP contribution is 2.34. The molecule has 1 saturated heterocycles. The van der Waals surface area contributed by atoms with Crippen molar-refractivity contribution in [1.82, 2.24) is 4.98 Å². The molecule has 3 nitrogen and oxygen atoms in total. The quantitative estimate of drug-likeness (QED) is 0.850. The molecule has 0 spiro atoms. The first-order chi connectivity index (χ1) is 9.31. The molecule has 1 aromatic heterocycles. The van der Waals surface area contributed by atoms with Crippen molar-refractivity contribution in [2.24, 2.45) is 17.6 Å². The van der Waals surface area contributed by atoms with Gasteiger partial charge < -0.3 is 10.6 Å². The molecule has 1 aromatic rings. The standard InChI is InChI=1S/C16H25N3S/c1-9-6-10(2)13(5)19(8-9)14-7-11(3)18-12(4)15(14)16(17)20/h7,9-10,13H,6,8H2,1-5H3,(H2,17,20). The number of aryl methyl sites for hydroxylation is 2. The first-order valence-electron chi connectivity index (χ1n) is 7.36. The summed E-state index contributed by atoms with van der Waals surface area (Å²) in [5.41, 5.74) is 10.0. The fourth-order valence-electron chi connectivity index (χ4n) is 3.37. The third kappa shape index (κ3) is 2.80. The average molecular weight is 291 g/mol. The highest BCUT2D eigenvalue weighted by atomic mass is 32.1. The highest BCUT2D eigenvalue weighted by Gasteiger charge is 2.31. The summed E-state index contributed by atoms with van der Waals surface area (Å²) in [6.07, 6.45) is 1.28. The van der Waals surface area contributed by atoms with Crippen LogP contribution < -0.4 is 10.6 Å². The Morgan fingerprint density at radius 2 is 2.00 bits per heavy atom. The fourth-order valence-corrected chi connectivity index (χ4v) is 3.62. The smallest absolute Gasteiger partial charge is 0.107 e. The van der Waals surface area contributed by atoms with Gasteiger partial charge in [0.2, 0.25) is 0 Å². The van der Waals surface area contributed by atoms with Gasteiger partial charge in [-0.3, -0.25) is 4.98 Å². The predicted octanol–water partition coefficient (Wildman–Crippen LogP) is 3.20. The number of thiocarbonyl (C=S) groups is 1. The predicted molar refractivity (Wildman–Crippen MR) is 89.4 cm³/mol. The van der Waals surface area contributed by atoms with Gasteiger partial charge in [0.1, 0.15) is 4.99 Å². The van der Waals surface area contributed by atoms with E-state index in [0.717, 1.165) is 29.2 Å². The summed E-state index contributed by atoms with van der Waals surface area (Å²) in [6.45, 7) is 12.0. The summed E-state index contributed by atoms with van der Waals surface area (Å²) < 4.78 is 0. The lowest BCUT2D eigenvalue weighted by atomic mass is 9.85. The molecule has 2 N–H and O–H groups in total. The van der Waals surface area contributed by atoms with Crippen LogP contribution in [-0.4, -0.2) is 22.6 Å².